The normalized spacial score (nSPS) is 13.3. The maximum Gasteiger partial charge on any atom is 0.247 e. The molecule has 0 bridgehead atoms. The predicted octanol–water partition coefficient (Wildman–Crippen LogP) is 3.33. The highest BCUT2D eigenvalue weighted by atomic mass is 16.5. The molecule has 2 aromatic rings. The summed E-state index contributed by atoms with van der Waals surface area (Å²) < 4.78 is 5.42. The fourth-order valence-electron chi connectivity index (χ4n) is 2.61. The Kier molecular flexibility index (Phi) is 2.93. The van der Waals surface area contributed by atoms with E-state index in [0.29, 0.717) is 6.42 Å². The van der Waals surface area contributed by atoms with E-state index in [0.717, 1.165) is 33.5 Å². The van der Waals surface area contributed by atoms with Gasteiger partial charge in [-0.3, -0.25) is 4.79 Å². The largest absolute Gasteiger partial charge is 0.496 e. The fraction of sp³-hybridized carbons (Fsp3) is 0.250. The number of anilines is 1. The Bertz CT molecular complexity index is 735. The van der Waals surface area contributed by atoms with Crippen LogP contribution in [0.15, 0.2) is 35.4 Å². The van der Waals surface area contributed by atoms with Crippen molar-refractivity contribution in [2.24, 2.45) is 5.10 Å². The highest BCUT2D eigenvalue weighted by molar-refractivity contribution is 6.20. The van der Waals surface area contributed by atoms with Gasteiger partial charge >= 0.3 is 0 Å². The Labute approximate surface area is 117 Å². The van der Waals surface area contributed by atoms with E-state index >= 15 is 0 Å². The van der Waals surface area contributed by atoms with Crippen LogP contribution >= 0.6 is 0 Å². The van der Waals surface area contributed by atoms with E-state index in [2.05, 4.69) is 5.10 Å². The van der Waals surface area contributed by atoms with Crippen molar-refractivity contribution in [2.45, 2.75) is 20.3 Å². The number of ether oxygens (including phenoxy) is 1. The van der Waals surface area contributed by atoms with Crippen molar-refractivity contribution in [3.05, 3.63) is 35.9 Å². The molecule has 20 heavy (non-hydrogen) atoms. The van der Waals surface area contributed by atoms with E-state index in [1.807, 2.05) is 44.2 Å². The van der Waals surface area contributed by atoms with Gasteiger partial charge in [0.2, 0.25) is 5.91 Å². The second kappa shape index (κ2) is 4.63. The molecule has 0 N–H and O–H groups in total. The SMILES string of the molecule is CCC(=O)N1N=C(C)c2ccc(OC)c3cccc1c23. The first-order valence-electron chi connectivity index (χ1n) is 6.65. The van der Waals surface area contributed by atoms with Crippen molar-refractivity contribution in [3.8, 4) is 5.75 Å². The minimum Gasteiger partial charge on any atom is -0.496 e. The van der Waals surface area contributed by atoms with E-state index in [1.165, 1.54) is 5.01 Å². The van der Waals surface area contributed by atoms with Gasteiger partial charge in [-0.2, -0.15) is 10.1 Å². The van der Waals surface area contributed by atoms with Crippen molar-refractivity contribution in [1.82, 2.24) is 0 Å². The first-order chi connectivity index (χ1) is 9.67. The molecule has 0 fully saturated rings. The molecule has 102 valence electrons. The van der Waals surface area contributed by atoms with Crippen LogP contribution in [0.4, 0.5) is 5.69 Å². The highest BCUT2D eigenvalue weighted by Gasteiger charge is 2.24. The first kappa shape index (κ1) is 12.7. The Morgan fingerprint density at radius 2 is 2.10 bits per heavy atom. The molecule has 1 heterocycles. The molecule has 1 aliphatic heterocycles. The molecule has 0 atom stereocenters. The summed E-state index contributed by atoms with van der Waals surface area (Å²) in [6.45, 7) is 3.77. The molecule has 3 rings (SSSR count). The molecule has 4 nitrogen and oxygen atoms in total. The Balaban J connectivity index is 2.37. The Morgan fingerprint density at radius 1 is 1.30 bits per heavy atom. The Hall–Kier alpha value is -2.36. The zero-order valence-corrected chi connectivity index (χ0v) is 11.8. The van der Waals surface area contributed by atoms with Crippen LogP contribution in [0.5, 0.6) is 5.75 Å². The average molecular weight is 268 g/mol. The summed E-state index contributed by atoms with van der Waals surface area (Å²) in [6.07, 6.45) is 0.423. The highest BCUT2D eigenvalue weighted by Crippen LogP contribution is 2.38. The number of benzene rings is 2. The minimum atomic E-state index is -0.00896. The van der Waals surface area contributed by atoms with Gasteiger partial charge in [0.1, 0.15) is 5.75 Å². The number of nitrogens with zero attached hydrogens (tertiary/aromatic N) is 2. The number of hydrogen-bond donors (Lipinski definition) is 0. The van der Waals surface area contributed by atoms with Crippen LogP contribution in [0.25, 0.3) is 10.8 Å². The van der Waals surface area contributed by atoms with Gasteiger partial charge in [0.15, 0.2) is 0 Å². The van der Waals surface area contributed by atoms with Crippen molar-refractivity contribution in [3.63, 3.8) is 0 Å². The summed E-state index contributed by atoms with van der Waals surface area (Å²) in [5.41, 5.74) is 2.73. The van der Waals surface area contributed by atoms with Crippen molar-refractivity contribution in [2.75, 3.05) is 12.1 Å². The smallest absolute Gasteiger partial charge is 0.247 e. The first-order valence-corrected chi connectivity index (χ1v) is 6.65. The maximum absolute atomic E-state index is 12.1. The second-order valence-corrected chi connectivity index (χ2v) is 4.76. The van der Waals surface area contributed by atoms with E-state index in [-0.39, 0.29) is 5.91 Å². The monoisotopic (exact) mass is 268 g/mol. The number of methoxy groups -OCH3 is 1. The molecule has 4 heteroatoms. The lowest BCUT2D eigenvalue weighted by atomic mass is 9.97. The summed E-state index contributed by atoms with van der Waals surface area (Å²) >= 11 is 0. The average Bonchev–Trinajstić information content (AvgIpc) is 2.49. The lowest BCUT2D eigenvalue weighted by molar-refractivity contribution is -0.118. The topological polar surface area (TPSA) is 41.9 Å². The molecule has 0 unspecified atom stereocenters. The van der Waals surface area contributed by atoms with Crippen molar-refractivity contribution >= 4 is 28.1 Å². The van der Waals surface area contributed by atoms with Crippen LogP contribution < -0.4 is 9.75 Å². The molecule has 0 radical (unpaired) electrons. The summed E-state index contributed by atoms with van der Waals surface area (Å²) in [5.74, 6) is 0.800. The molecular weight excluding hydrogens is 252 g/mol. The van der Waals surface area contributed by atoms with Crippen LogP contribution in [0.3, 0.4) is 0 Å². The van der Waals surface area contributed by atoms with Gasteiger partial charge < -0.3 is 4.74 Å². The lowest BCUT2D eigenvalue weighted by Crippen LogP contribution is -2.28. The second-order valence-electron chi connectivity index (χ2n) is 4.76. The van der Waals surface area contributed by atoms with E-state index in [4.69, 9.17) is 4.74 Å². The third-order valence-corrected chi connectivity index (χ3v) is 3.61. The van der Waals surface area contributed by atoms with Gasteiger partial charge in [0.25, 0.3) is 0 Å². The summed E-state index contributed by atoms with van der Waals surface area (Å²) in [7, 11) is 1.66. The molecule has 0 aliphatic carbocycles. The number of hydrazone groups is 1. The molecule has 0 saturated carbocycles. The molecule has 1 aliphatic rings. The third-order valence-electron chi connectivity index (χ3n) is 3.61. The zero-order chi connectivity index (χ0) is 14.3. The quantitative estimate of drug-likeness (QED) is 0.838. The molecule has 0 saturated heterocycles. The van der Waals surface area contributed by atoms with Crippen molar-refractivity contribution < 1.29 is 9.53 Å². The maximum atomic E-state index is 12.1. The van der Waals surface area contributed by atoms with Crippen LogP contribution in [-0.4, -0.2) is 18.7 Å². The summed E-state index contributed by atoms with van der Waals surface area (Å²) in [5, 5.41) is 7.97. The van der Waals surface area contributed by atoms with Gasteiger partial charge in [-0.15, -0.1) is 0 Å². The number of rotatable bonds is 2. The molecule has 0 spiro atoms. The van der Waals surface area contributed by atoms with Gasteiger partial charge in [0, 0.05) is 22.8 Å². The van der Waals surface area contributed by atoms with Crippen molar-refractivity contribution in [1.29, 1.82) is 0 Å². The molecule has 0 aromatic heterocycles. The lowest BCUT2D eigenvalue weighted by Gasteiger charge is -2.26. The molecule has 1 amide bonds. The van der Waals surface area contributed by atoms with Gasteiger partial charge in [0.05, 0.1) is 18.5 Å². The number of carbonyl (C=O) groups is 1. The van der Waals surface area contributed by atoms with Crippen LogP contribution in [-0.2, 0) is 4.79 Å². The number of hydrogen-bond acceptors (Lipinski definition) is 3. The minimum absolute atomic E-state index is 0.00896. The molecule has 2 aromatic carbocycles. The molecular formula is C16H16N2O2. The van der Waals surface area contributed by atoms with Crippen LogP contribution in [0.2, 0.25) is 0 Å². The summed E-state index contributed by atoms with van der Waals surface area (Å²) in [4.78, 5) is 12.1. The van der Waals surface area contributed by atoms with E-state index < -0.39 is 0 Å². The number of carbonyl (C=O) groups excluding carboxylic acids is 1. The van der Waals surface area contributed by atoms with Crippen LogP contribution in [0, 0.1) is 0 Å². The standard InChI is InChI=1S/C16H16N2O2/c1-4-15(19)18-13-7-5-6-12-14(20-3)9-8-11(16(12)13)10(2)17-18/h5-9H,4H2,1-3H3. The van der Waals surface area contributed by atoms with E-state index in [1.54, 1.807) is 7.11 Å². The van der Waals surface area contributed by atoms with Crippen LogP contribution in [0.1, 0.15) is 25.8 Å². The summed E-state index contributed by atoms with van der Waals surface area (Å²) in [6, 6.07) is 9.80. The van der Waals surface area contributed by atoms with E-state index in [9.17, 15) is 4.79 Å². The third kappa shape index (κ3) is 1.68. The zero-order valence-electron chi connectivity index (χ0n) is 11.8. The Morgan fingerprint density at radius 3 is 2.80 bits per heavy atom. The number of amides is 1. The van der Waals surface area contributed by atoms with Gasteiger partial charge in [-0.05, 0) is 25.1 Å². The van der Waals surface area contributed by atoms with Gasteiger partial charge in [-0.25, -0.2) is 0 Å². The van der Waals surface area contributed by atoms with Gasteiger partial charge in [-0.1, -0.05) is 19.1 Å². The fourth-order valence-corrected chi connectivity index (χ4v) is 2.61. The predicted molar refractivity (Wildman–Crippen MR) is 80.5 cm³/mol.